The first kappa shape index (κ1) is 21.0. The first-order chi connectivity index (χ1) is 17.6. The molecule has 1 fully saturated rings. The van der Waals surface area contributed by atoms with Crippen LogP contribution in [0.3, 0.4) is 0 Å². The number of H-pyrrole nitrogens is 2. The fourth-order valence-electron chi connectivity index (χ4n) is 5.50. The van der Waals surface area contributed by atoms with Crippen LogP contribution in [0.4, 0.5) is 5.69 Å². The molecule has 2 aliphatic rings. The van der Waals surface area contributed by atoms with Crippen LogP contribution in [-0.2, 0) is 0 Å². The molecule has 0 unspecified atom stereocenters. The van der Waals surface area contributed by atoms with Gasteiger partial charge in [-0.05, 0) is 62.5 Å². The number of likely N-dealkylation sites (N-methyl/N-ethyl adjacent to an activating group) is 1. The average molecular weight is 476 g/mol. The molecule has 1 amide bonds. The number of pyridine rings is 1. The number of aromatic nitrogens is 4. The van der Waals surface area contributed by atoms with Crippen molar-refractivity contribution in [2.75, 3.05) is 32.1 Å². The number of imidazole rings is 1. The van der Waals surface area contributed by atoms with E-state index < -0.39 is 0 Å². The summed E-state index contributed by atoms with van der Waals surface area (Å²) in [4.78, 5) is 37.7. The van der Waals surface area contributed by atoms with Crippen molar-refractivity contribution in [3.63, 3.8) is 0 Å². The summed E-state index contributed by atoms with van der Waals surface area (Å²) in [5, 5.41) is 1.01. The van der Waals surface area contributed by atoms with Gasteiger partial charge in [0.2, 0.25) is 0 Å². The second kappa shape index (κ2) is 7.86. The quantitative estimate of drug-likeness (QED) is 0.400. The Morgan fingerprint density at radius 1 is 1.08 bits per heavy atom. The normalized spacial score (nSPS) is 17.2. The van der Waals surface area contributed by atoms with Crippen LogP contribution in [-0.4, -0.2) is 70.2 Å². The van der Waals surface area contributed by atoms with Crippen LogP contribution < -0.4 is 4.90 Å². The third-order valence-corrected chi connectivity index (χ3v) is 7.49. The van der Waals surface area contributed by atoms with Gasteiger partial charge in [0.05, 0.1) is 16.6 Å². The van der Waals surface area contributed by atoms with Gasteiger partial charge in [0, 0.05) is 65.5 Å². The van der Waals surface area contributed by atoms with Crippen molar-refractivity contribution in [2.45, 2.75) is 12.5 Å². The Hall–Kier alpha value is -4.30. The van der Waals surface area contributed by atoms with Crippen molar-refractivity contribution in [1.29, 1.82) is 0 Å². The summed E-state index contributed by atoms with van der Waals surface area (Å²) in [7, 11) is 4.28. The second-order valence-corrected chi connectivity index (χ2v) is 9.75. The van der Waals surface area contributed by atoms with E-state index in [0.29, 0.717) is 17.4 Å². The number of fused-ring (bicyclic) bond motifs is 3. The highest BCUT2D eigenvalue weighted by Gasteiger charge is 2.27. The van der Waals surface area contributed by atoms with E-state index in [-0.39, 0.29) is 5.91 Å². The second-order valence-electron chi connectivity index (χ2n) is 9.75. The maximum absolute atomic E-state index is 12.9. The summed E-state index contributed by atoms with van der Waals surface area (Å²) in [6.45, 7) is 2.05. The van der Waals surface area contributed by atoms with Crippen LogP contribution >= 0.6 is 0 Å². The summed E-state index contributed by atoms with van der Waals surface area (Å²) in [6.07, 6.45) is 6.52. The number of hydrogen-bond donors (Lipinski definition) is 2. The molecule has 5 heterocycles. The first-order valence-electron chi connectivity index (χ1n) is 12.2. The standard InChI is InChI=1S/C28H25N7O/c1-34(2)17-9-11-35(15-17)16-5-8-23-24(12-16)33-27(32-23)20-7-6-18(22-14-31-28(36)25(20)22)21-13-30-26-19(21)4-3-10-29-26/h3-8,10,12-14,17H,9,11,15H2,1-2H3,(H,29,30)(H,32,33)/t17-/m1/s1. The molecular formula is C28H25N7O. The molecule has 5 aromatic rings. The molecule has 7 rings (SSSR count). The van der Waals surface area contributed by atoms with Crippen molar-refractivity contribution in [3.8, 4) is 22.5 Å². The van der Waals surface area contributed by atoms with Crippen LogP contribution in [0.15, 0.2) is 59.9 Å². The van der Waals surface area contributed by atoms with Crippen molar-refractivity contribution in [1.82, 2.24) is 24.8 Å². The van der Waals surface area contributed by atoms with E-state index in [1.165, 1.54) is 5.69 Å². The third-order valence-electron chi connectivity index (χ3n) is 7.49. The fraction of sp³-hybridized carbons (Fsp3) is 0.214. The van der Waals surface area contributed by atoms with Crippen LogP contribution in [0.1, 0.15) is 22.3 Å². The summed E-state index contributed by atoms with van der Waals surface area (Å²) < 4.78 is 0. The lowest BCUT2D eigenvalue weighted by atomic mass is 9.93. The highest BCUT2D eigenvalue weighted by molar-refractivity contribution is 6.20. The topological polar surface area (TPSA) is 93.3 Å². The molecule has 0 spiro atoms. The van der Waals surface area contributed by atoms with Crippen molar-refractivity contribution >= 4 is 39.9 Å². The maximum atomic E-state index is 12.9. The number of anilines is 1. The number of nitrogens with one attached hydrogen (secondary N) is 2. The van der Waals surface area contributed by atoms with Gasteiger partial charge in [-0.25, -0.2) is 15.0 Å². The molecule has 1 atom stereocenters. The molecule has 36 heavy (non-hydrogen) atoms. The van der Waals surface area contributed by atoms with Crippen LogP contribution in [0.25, 0.3) is 44.6 Å². The Balaban J connectivity index is 1.30. The minimum absolute atomic E-state index is 0.243. The van der Waals surface area contributed by atoms with E-state index in [1.54, 1.807) is 12.4 Å². The molecule has 1 saturated heterocycles. The minimum Gasteiger partial charge on any atom is -0.370 e. The summed E-state index contributed by atoms with van der Waals surface area (Å²) in [6, 6.07) is 14.9. The van der Waals surface area contributed by atoms with Crippen molar-refractivity contribution < 1.29 is 4.79 Å². The van der Waals surface area contributed by atoms with E-state index in [0.717, 1.165) is 63.8 Å². The van der Waals surface area contributed by atoms with Gasteiger partial charge in [-0.15, -0.1) is 0 Å². The van der Waals surface area contributed by atoms with E-state index in [9.17, 15) is 4.79 Å². The lowest BCUT2D eigenvalue weighted by molar-refractivity contribution is 0.101. The van der Waals surface area contributed by atoms with Crippen LogP contribution in [0.5, 0.6) is 0 Å². The van der Waals surface area contributed by atoms with Gasteiger partial charge in [0.25, 0.3) is 5.91 Å². The number of aliphatic imine (C=N–C) groups is 1. The van der Waals surface area contributed by atoms with Gasteiger partial charge in [-0.3, -0.25) is 4.79 Å². The lowest BCUT2D eigenvalue weighted by Crippen LogP contribution is -2.31. The van der Waals surface area contributed by atoms with Crippen molar-refractivity contribution in [3.05, 3.63) is 66.0 Å². The Labute approximate surface area is 207 Å². The monoisotopic (exact) mass is 475 g/mol. The summed E-state index contributed by atoms with van der Waals surface area (Å²) in [5.41, 5.74) is 7.94. The highest BCUT2D eigenvalue weighted by atomic mass is 16.1. The molecule has 3 aromatic heterocycles. The summed E-state index contributed by atoms with van der Waals surface area (Å²) >= 11 is 0. The predicted octanol–water partition coefficient (Wildman–Crippen LogP) is 4.49. The Morgan fingerprint density at radius 3 is 2.83 bits per heavy atom. The third kappa shape index (κ3) is 3.18. The van der Waals surface area contributed by atoms with Gasteiger partial charge < -0.3 is 19.8 Å². The fourth-order valence-corrected chi connectivity index (χ4v) is 5.50. The molecule has 178 valence electrons. The lowest BCUT2D eigenvalue weighted by Gasteiger charge is -2.21. The Kier molecular flexibility index (Phi) is 4.59. The van der Waals surface area contributed by atoms with Gasteiger partial charge >= 0.3 is 0 Å². The van der Waals surface area contributed by atoms with E-state index in [1.807, 2.05) is 30.5 Å². The zero-order valence-electron chi connectivity index (χ0n) is 20.1. The highest BCUT2D eigenvalue weighted by Crippen LogP contribution is 2.38. The van der Waals surface area contributed by atoms with Gasteiger partial charge in [0.1, 0.15) is 11.5 Å². The molecule has 8 nitrogen and oxygen atoms in total. The number of carbonyl (C=O) groups is 1. The molecule has 8 heteroatoms. The molecule has 0 bridgehead atoms. The molecule has 0 saturated carbocycles. The van der Waals surface area contributed by atoms with Crippen molar-refractivity contribution in [2.24, 2.45) is 4.99 Å². The minimum atomic E-state index is -0.243. The largest absolute Gasteiger partial charge is 0.370 e. The number of rotatable bonds is 4. The molecule has 2 aromatic carbocycles. The number of carbonyl (C=O) groups excluding carboxylic acids is 1. The van der Waals surface area contributed by atoms with Gasteiger partial charge in [-0.1, -0.05) is 6.07 Å². The molecule has 2 N–H and O–H groups in total. The van der Waals surface area contributed by atoms with Crippen LogP contribution in [0, 0.1) is 0 Å². The Bertz CT molecular complexity index is 1690. The van der Waals surface area contributed by atoms with E-state index in [2.05, 4.69) is 62.0 Å². The molecule has 0 aliphatic carbocycles. The first-order valence-corrected chi connectivity index (χ1v) is 12.2. The van der Waals surface area contributed by atoms with Crippen LogP contribution in [0.2, 0.25) is 0 Å². The zero-order valence-corrected chi connectivity index (χ0v) is 20.1. The number of nitrogens with zero attached hydrogens (tertiary/aromatic N) is 5. The zero-order chi connectivity index (χ0) is 24.4. The Morgan fingerprint density at radius 2 is 1.97 bits per heavy atom. The molecular weight excluding hydrogens is 450 g/mol. The van der Waals surface area contributed by atoms with E-state index >= 15 is 0 Å². The summed E-state index contributed by atoms with van der Waals surface area (Å²) in [5.74, 6) is 0.435. The van der Waals surface area contributed by atoms with Gasteiger partial charge in [0.15, 0.2) is 0 Å². The van der Waals surface area contributed by atoms with E-state index in [4.69, 9.17) is 4.98 Å². The average Bonchev–Trinajstić information content (AvgIpc) is 3.68. The van der Waals surface area contributed by atoms with Gasteiger partial charge in [-0.2, -0.15) is 0 Å². The smallest absolute Gasteiger partial charge is 0.278 e. The molecule has 0 radical (unpaired) electrons. The number of benzene rings is 2. The number of amides is 1. The maximum Gasteiger partial charge on any atom is 0.278 e. The molecule has 2 aliphatic heterocycles. The number of aromatic amines is 2. The predicted molar refractivity (Wildman–Crippen MR) is 143 cm³/mol. The SMILES string of the molecule is CN(C)[C@@H]1CCN(c2ccc3[nH]c(-c4ccc(-c5c[nH]c6ncccc56)c5c4C(=O)N=C5)nc3c2)C1. The number of hydrogen-bond acceptors (Lipinski definition) is 5.